The Hall–Kier alpha value is -0.820. The van der Waals surface area contributed by atoms with E-state index in [0.29, 0.717) is 6.04 Å². The Labute approximate surface area is 131 Å². The van der Waals surface area contributed by atoms with Crippen LogP contribution < -0.4 is 5.32 Å². The molecule has 0 aromatic heterocycles. The molecule has 1 heteroatoms. The third-order valence-corrected chi connectivity index (χ3v) is 4.79. The number of rotatable bonds is 10. The van der Waals surface area contributed by atoms with Crippen LogP contribution in [-0.2, 0) is 6.42 Å². The highest BCUT2D eigenvalue weighted by atomic mass is 14.9. The summed E-state index contributed by atoms with van der Waals surface area (Å²) in [5.74, 6) is 0. The molecule has 118 valence electrons. The summed E-state index contributed by atoms with van der Waals surface area (Å²) >= 11 is 0. The topological polar surface area (TPSA) is 12.0 Å². The van der Waals surface area contributed by atoms with E-state index in [1.165, 1.54) is 77.2 Å². The number of aryl methyl sites for hydroxylation is 1. The van der Waals surface area contributed by atoms with Crippen LogP contribution in [0, 0.1) is 0 Å². The summed E-state index contributed by atoms with van der Waals surface area (Å²) in [6, 6.07) is 9.60. The van der Waals surface area contributed by atoms with Crippen LogP contribution in [0.4, 0.5) is 0 Å². The second-order valence-corrected chi connectivity index (χ2v) is 6.57. The highest BCUT2D eigenvalue weighted by Crippen LogP contribution is 2.29. The molecule has 0 fully saturated rings. The van der Waals surface area contributed by atoms with Gasteiger partial charge in [0, 0.05) is 6.04 Å². The smallest absolute Gasteiger partial charge is 0.0323 e. The van der Waals surface area contributed by atoms with Crippen molar-refractivity contribution in [2.75, 3.05) is 6.54 Å². The van der Waals surface area contributed by atoms with Crippen molar-refractivity contribution in [3.63, 3.8) is 0 Å². The van der Waals surface area contributed by atoms with Gasteiger partial charge in [-0.15, -0.1) is 0 Å². The fraction of sp³-hybridized carbons (Fsp3) is 0.700. The summed E-state index contributed by atoms with van der Waals surface area (Å²) in [7, 11) is 0. The van der Waals surface area contributed by atoms with Gasteiger partial charge in [-0.05, 0) is 43.4 Å². The number of nitrogens with one attached hydrogen (secondary N) is 1. The molecule has 1 aromatic rings. The first-order chi connectivity index (χ1) is 10.4. The van der Waals surface area contributed by atoms with Crippen LogP contribution in [0.2, 0.25) is 0 Å². The van der Waals surface area contributed by atoms with Gasteiger partial charge in [-0.1, -0.05) is 76.1 Å². The Balaban J connectivity index is 1.56. The molecule has 0 saturated heterocycles. The second kappa shape index (κ2) is 10.00. The predicted octanol–water partition coefficient (Wildman–Crippen LogP) is 5.79. The summed E-state index contributed by atoms with van der Waals surface area (Å²) in [5, 5.41) is 3.79. The first kappa shape index (κ1) is 16.5. The van der Waals surface area contributed by atoms with E-state index in [4.69, 9.17) is 0 Å². The van der Waals surface area contributed by atoms with Gasteiger partial charge in [0.25, 0.3) is 0 Å². The van der Waals surface area contributed by atoms with Gasteiger partial charge in [0.2, 0.25) is 0 Å². The van der Waals surface area contributed by atoms with Crippen molar-refractivity contribution in [2.45, 2.75) is 83.6 Å². The molecule has 0 amide bonds. The summed E-state index contributed by atoms with van der Waals surface area (Å²) in [6.45, 7) is 3.48. The average Bonchev–Trinajstić information content (AvgIpc) is 2.53. The third kappa shape index (κ3) is 5.82. The second-order valence-electron chi connectivity index (χ2n) is 6.57. The molecule has 21 heavy (non-hydrogen) atoms. The van der Waals surface area contributed by atoms with Crippen molar-refractivity contribution in [3.8, 4) is 0 Å². The third-order valence-electron chi connectivity index (χ3n) is 4.79. The Kier molecular flexibility index (Phi) is 7.88. The maximum absolute atomic E-state index is 3.79. The van der Waals surface area contributed by atoms with Crippen molar-refractivity contribution in [1.82, 2.24) is 5.32 Å². The molecule has 0 saturated carbocycles. The van der Waals surface area contributed by atoms with E-state index in [9.17, 15) is 0 Å². The van der Waals surface area contributed by atoms with Crippen LogP contribution in [0.25, 0.3) is 0 Å². The standard InChI is InChI=1S/C20H33N/c1-2-3-4-5-6-7-8-11-17-21-20-16-12-14-18-13-9-10-15-19(18)20/h9-10,13,15,20-21H,2-8,11-12,14,16-17H2,1H3. The molecule has 1 unspecified atom stereocenters. The van der Waals surface area contributed by atoms with Gasteiger partial charge in [-0.3, -0.25) is 0 Å². The van der Waals surface area contributed by atoms with Gasteiger partial charge in [0.1, 0.15) is 0 Å². The lowest BCUT2D eigenvalue weighted by atomic mass is 9.88. The number of unbranched alkanes of at least 4 members (excludes halogenated alkanes) is 7. The zero-order valence-electron chi connectivity index (χ0n) is 13.9. The van der Waals surface area contributed by atoms with Crippen molar-refractivity contribution in [3.05, 3.63) is 35.4 Å². The highest BCUT2D eigenvalue weighted by molar-refractivity contribution is 5.32. The Morgan fingerprint density at radius 1 is 0.952 bits per heavy atom. The molecular weight excluding hydrogens is 254 g/mol. The first-order valence-corrected chi connectivity index (χ1v) is 9.23. The van der Waals surface area contributed by atoms with Crippen LogP contribution in [0.3, 0.4) is 0 Å². The summed E-state index contributed by atoms with van der Waals surface area (Å²) < 4.78 is 0. The lowest BCUT2D eigenvalue weighted by molar-refractivity contribution is 0.447. The Morgan fingerprint density at radius 2 is 1.67 bits per heavy atom. The largest absolute Gasteiger partial charge is 0.310 e. The predicted molar refractivity (Wildman–Crippen MR) is 92.7 cm³/mol. The van der Waals surface area contributed by atoms with Crippen LogP contribution in [-0.4, -0.2) is 6.54 Å². The quantitative estimate of drug-likeness (QED) is 0.537. The minimum atomic E-state index is 0.611. The summed E-state index contributed by atoms with van der Waals surface area (Å²) in [4.78, 5) is 0. The average molecular weight is 287 g/mol. The van der Waals surface area contributed by atoms with E-state index in [1.807, 2.05) is 0 Å². The van der Waals surface area contributed by atoms with E-state index < -0.39 is 0 Å². The molecule has 0 spiro atoms. The zero-order chi connectivity index (χ0) is 14.8. The molecule has 1 nitrogen and oxygen atoms in total. The van der Waals surface area contributed by atoms with Crippen LogP contribution in [0.5, 0.6) is 0 Å². The van der Waals surface area contributed by atoms with E-state index in [2.05, 4.69) is 36.5 Å². The number of hydrogen-bond donors (Lipinski definition) is 1. The van der Waals surface area contributed by atoms with Gasteiger partial charge in [-0.2, -0.15) is 0 Å². The van der Waals surface area contributed by atoms with E-state index in [-0.39, 0.29) is 0 Å². The van der Waals surface area contributed by atoms with Crippen molar-refractivity contribution >= 4 is 0 Å². The molecular formula is C20H33N. The molecule has 1 N–H and O–H groups in total. The van der Waals surface area contributed by atoms with Crippen LogP contribution >= 0.6 is 0 Å². The fourth-order valence-corrected chi connectivity index (χ4v) is 3.50. The van der Waals surface area contributed by atoms with Gasteiger partial charge < -0.3 is 5.32 Å². The van der Waals surface area contributed by atoms with Crippen molar-refractivity contribution in [2.24, 2.45) is 0 Å². The summed E-state index contributed by atoms with van der Waals surface area (Å²) in [5.41, 5.74) is 3.13. The molecule has 1 aliphatic carbocycles. The van der Waals surface area contributed by atoms with E-state index in [0.717, 1.165) is 0 Å². The lowest BCUT2D eigenvalue weighted by Crippen LogP contribution is -2.26. The van der Waals surface area contributed by atoms with Crippen LogP contribution in [0.1, 0.15) is 88.3 Å². The number of fused-ring (bicyclic) bond motifs is 1. The zero-order valence-corrected chi connectivity index (χ0v) is 13.9. The molecule has 0 aliphatic heterocycles. The molecule has 1 aromatic carbocycles. The SMILES string of the molecule is CCCCCCCCCCNC1CCCc2ccccc21. The minimum absolute atomic E-state index is 0.611. The van der Waals surface area contributed by atoms with Gasteiger partial charge >= 0.3 is 0 Å². The van der Waals surface area contributed by atoms with E-state index in [1.54, 1.807) is 11.1 Å². The maximum Gasteiger partial charge on any atom is 0.0323 e. The molecule has 1 atom stereocenters. The van der Waals surface area contributed by atoms with Gasteiger partial charge in [-0.25, -0.2) is 0 Å². The molecule has 0 heterocycles. The highest BCUT2D eigenvalue weighted by Gasteiger charge is 2.18. The summed E-state index contributed by atoms with van der Waals surface area (Å²) in [6.07, 6.45) is 15.2. The Bertz CT molecular complexity index is 385. The first-order valence-electron chi connectivity index (χ1n) is 9.23. The monoisotopic (exact) mass is 287 g/mol. The van der Waals surface area contributed by atoms with Crippen molar-refractivity contribution < 1.29 is 0 Å². The van der Waals surface area contributed by atoms with Gasteiger partial charge in [0.15, 0.2) is 0 Å². The minimum Gasteiger partial charge on any atom is -0.310 e. The fourth-order valence-electron chi connectivity index (χ4n) is 3.50. The van der Waals surface area contributed by atoms with Gasteiger partial charge in [0.05, 0.1) is 0 Å². The van der Waals surface area contributed by atoms with E-state index >= 15 is 0 Å². The van der Waals surface area contributed by atoms with Crippen LogP contribution in [0.15, 0.2) is 24.3 Å². The molecule has 0 radical (unpaired) electrons. The number of hydrogen-bond acceptors (Lipinski definition) is 1. The molecule has 1 aliphatic rings. The molecule has 0 bridgehead atoms. The Morgan fingerprint density at radius 3 is 2.48 bits per heavy atom. The molecule has 2 rings (SSSR count). The number of benzene rings is 1. The normalized spacial score (nSPS) is 17.7. The lowest BCUT2D eigenvalue weighted by Gasteiger charge is -2.26. The maximum atomic E-state index is 3.79. The van der Waals surface area contributed by atoms with Crippen molar-refractivity contribution in [1.29, 1.82) is 0 Å².